The van der Waals surface area contributed by atoms with Crippen LogP contribution in [0.3, 0.4) is 0 Å². The Hall–Kier alpha value is -3.46. The normalized spacial score (nSPS) is 10.5. The van der Waals surface area contributed by atoms with E-state index >= 15 is 0 Å². The predicted molar refractivity (Wildman–Crippen MR) is 116 cm³/mol. The molecule has 0 fully saturated rings. The van der Waals surface area contributed by atoms with E-state index in [-0.39, 0.29) is 17.9 Å². The molecule has 0 aliphatic heterocycles. The van der Waals surface area contributed by atoms with Crippen molar-refractivity contribution in [3.8, 4) is 0 Å². The number of carbonyl (C=O) groups is 1. The van der Waals surface area contributed by atoms with Gasteiger partial charge in [-0.2, -0.15) is 4.73 Å². The first kappa shape index (κ1) is 21.3. The average Bonchev–Trinajstić information content (AvgIpc) is 2.70. The predicted octanol–water partition coefficient (Wildman–Crippen LogP) is 4.02. The number of halogens is 1. The lowest BCUT2D eigenvalue weighted by molar-refractivity contribution is -0.384. The van der Waals surface area contributed by atoms with Gasteiger partial charge in [-0.1, -0.05) is 28.1 Å². The molecule has 0 atom stereocenters. The molecule has 0 saturated carbocycles. The molecule has 1 heterocycles. The number of nitrogens with one attached hydrogen (secondary N) is 1. The smallest absolute Gasteiger partial charge is 0.295 e. The molecule has 0 aliphatic carbocycles. The number of hydrogen-bond donors (Lipinski definition) is 1. The van der Waals surface area contributed by atoms with Crippen molar-refractivity contribution >= 4 is 33.2 Å². The van der Waals surface area contributed by atoms with E-state index in [4.69, 9.17) is 4.84 Å². The third kappa shape index (κ3) is 4.74. The largest absolute Gasteiger partial charge is 0.406 e. The molecule has 0 bridgehead atoms. The second-order valence-corrected chi connectivity index (χ2v) is 7.54. The van der Waals surface area contributed by atoms with E-state index in [9.17, 15) is 19.7 Å². The molecule has 9 heteroatoms. The van der Waals surface area contributed by atoms with Crippen LogP contribution in [-0.4, -0.2) is 15.6 Å². The van der Waals surface area contributed by atoms with Crippen molar-refractivity contribution in [2.75, 3.05) is 5.32 Å². The Morgan fingerprint density at radius 2 is 1.87 bits per heavy atom. The number of carbonyl (C=O) groups excluding carboxylic acids is 1. The maximum absolute atomic E-state index is 12.7. The van der Waals surface area contributed by atoms with Crippen LogP contribution in [0, 0.1) is 24.0 Å². The molecule has 30 heavy (non-hydrogen) atoms. The van der Waals surface area contributed by atoms with Gasteiger partial charge in [0.05, 0.1) is 4.92 Å². The Labute approximate surface area is 180 Å². The zero-order valence-corrected chi connectivity index (χ0v) is 17.8. The minimum absolute atomic E-state index is 0.0718. The minimum atomic E-state index is -0.632. The summed E-state index contributed by atoms with van der Waals surface area (Å²) in [5.41, 5.74) is 2.08. The van der Waals surface area contributed by atoms with Gasteiger partial charge in [-0.05, 0) is 54.8 Å². The molecule has 1 amide bonds. The molecule has 1 aromatic heterocycles. The van der Waals surface area contributed by atoms with Gasteiger partial charge in [-0.15, -0.1) is 0 Å². The molecular weight excluding hydrogens is 454 g/mol. The van der Waals surface area contributed by atoms with Crippen LogP contribution in [-0.2, 0) is 6.61 Å². The fourth-order valence-corrected chi connectivity index (χ4v) is 3.63. The molecule has 0 radical (unpaired) electrons. The van der Waals surface area contributed by atoms with Crippen molar-refractivity contribution < 1.29 is 14.6 Å². The number of nitrogens with zero attached hydrogens (tertiary/aromatic N) is 2. The van der Waals surface area contributed by atoms with Crippen LogP contribution in [0.5, 0.6) is 0 Å². The van der Waals surface area contributed by atoms with E-state index in [0.29, 0.717) is 11.3 Å². The highest BCUT2D eigenvalue weighted by atomic mass is 79.9. The Balaban J connectivity index is 1.80. The van der Waals surface area contributed by atoms with Gasteiger partial charge in [-0.25, -0.2) is 0 Å². The molecule has 3 aromatic rings. The van der Waals surface area contributed by atoms with Gasteiger partial charge in [0.1, 0.15) is 12.2 Å². The summed E-state index contributed by atoms with van der Waals surface area (Å²) < 4.78 is 1.84. The minimum Gasteiger partial charge on any atom is -0.406 e. The standard InChI is InChI=1S/C21H18BrN3O5/c1-13-9-16(22)10-14(2)19(13)23-20(26)18-7-4-8-24(21(18)27)30-12-15-5-3-6-17(11-15)25(28)29/h3-11H,12H2,1-2H3,(H,23,26). The zero-order valence-electron chi connectivity index (χ0n) is 16.2. The van der Waals surface area contributed by atoms with Crippen LogP contribution in [0.25, 0.3) is 0 Å². The Morgan fingerprint density at radius 3 is 2.53 bits per heavy atom. The van der Waals surface area contributed by atoms with Gasteiger partial charge in [0.15, 0.2) is 0 Å². The summed E-state index contributed by atoms with van der Waals surface area (Å²) in [6.07, 6.45) is 1.38. The van der Waals surface area contributed by atoms with Gasteiger partial charge < -0.3 is 10.2 Å². The van der Waals surface area contributed by atoms with Crippen molar-refractivity contribution in [3.05, 3.63) is 102 Å². The van der Waals surface area contributed by atoms with E-state index in [1.807, 2.05) is 26.0 Å². The second kappa shape index (κ2) is 8.91. The van der Waals surface area contributed by atoms with Crippen molar-refractivity contribution in [1.29, 1.82) is 0 Å². The van der Waals surface area contributed by atoms with E-state index < -0.39 is 16.4 Å². The van der Waals surface area contributed by atoms with Crippen LogP contribution in [0.1, 0.15) is 27.0 Å². The topological polar surface area (TPSA) is 103 Å². The summed E-state index contributed by atoms with van der Waals surface area (Å²) in [4.78, 5) is 41.2. The number of pyridine rings is 1. The first-order valence-electron chi connectivity index (χ1n) is 8.92. The van der Waals surface area contributed by atoms with Gasteiger partial charge in [0.2, 0.25) is 0 Å². The summed E-state index contributed by atoms with van der Waals surface area (Å²) in [5.74, 6) is -0.554. The number of anilines is 1. The summed E-state index contributed by atoms with van der Waals surface area (Å²) in [5, 5.41) is 13.7. The van der Waals surface area contributed by atoms with E-state index in [0.717, 1.165) is 20.3 Å². The van der Waals surface area contributed by atoms with Crippen LogP contribution >= 0.6 is 15.9 Å². The fraction of sp³-hybridized carbons (Fsp3) is 0.143. The second-order valence-electron chi connectivity index (χ2n) is 6.62. The van der Waals surface area contributed by atoms with Crippen molar-refractivity contribution in [2.24, 2.45) is 0 Å². The molecule has 0 spiro atoms. The highest BCUT2D eigenvalue weighted by Gasteiger charge is 2.16. The quantitative estimate of drug-likeness (QED) is 0.431. The van der Waals surface area contributed by atoms with Crippen LogP contribution in [0.4, 0.5) is 11.4 Å². The average molecular weight is 472 g/mol. The summed E-state index contributed by atoms with van der Waals surface area (Å²) >= 11 is 3.41. The van der Waals surface area contributed by atoms with Crippen molar-refractivity contribution in [2.45, 2.75) is 20.5 Å². The summed E-state index contributed by atoms with van der Waals surface area (Å²) in [6, 6.07) is 12.6. The number of non-ortho nitro benzene ring substituents is 1. The molecule has 3 rings (SSSR count). The maximum Gasteiger partial charge on any atom is 0.295 e. The molecule has 1 N–H and O–H groups in total. The highest BCUT2D eigenvalue weighted by Crippen LogP contribution is 2.25. The lowest BCUT2D eigenvalue weighted by Crippen LogP contribution is -2.32. The lowest BCUT2D eigenvalue weighted by Gasteiger charge is -2.13. The fourth-order valence-electron chi connectivity index (χ4n) is 2.94. The molecular formula is C21H18BrN3O5. The highest BCUT2D eigenvalue weighted by molar-refractivity contribution is 9.10. The first-order chi connectivity index (χ1) is 14.3. The third-order valence-electron chi connectivity index (χ3n) is 4.39. The number of nitro benzene ring substituents is 1. The Bertz CT molecular complexity index is 1170. The number of aryl methyl sites for hydroxylation is 2. The zero-order chi connectivity index (χ0) is 21.8. The third-order valence-corrected chi connectivity index (χ3v) is 4.85. The number of aromatic nitrogens is 1. The van der Waals surface area contributed by atoms with Crippen LogP contribution in [0.15, 0.2) is 64.0 Å². The lowest BCUT2D eigenvalue weighted by atomic mass is 10.1. The molecule has 0 unspecified atom stereocenters. The van der Waals surface area contributed by atoms with Gasteiger partial charge in [-0.3, -0.25) is 19.7 Å². The molecule has 0 saturated heterocycles. The Morgan fingerprint density at radius 1 is 1.17 bits per heavy atom. The summed E-state index contributed by atoms with van der Waals surface area (Å²) in [7, 11) is 0. The number of nitro groups is 1. The summed E-state index contributed by atoms with van der Waals surface area (Å²) in [6.45, 7) is 3.65. The number of rotatable bonds is 6. The van der Waals surface area contributed by atoms with E-state index in [1.54, 1.807) is 6.07 Å². The number of hydrogen-bond acceptors (Lipinski definition) is 5. The number of benzene rings is 2. The molecule has 2 aromatic carbocycles. The number of amides is 1. The van der Waals surface area contributed by atoms with Crippen LogP contribution in [0.2, 0.25) is 0 Å². The van der Waals surface area contributed by atoms with Crippen LogP contribution < -0.4 is 15.7 Å². The van der Waals surface area contributed by atoms with Gasteiger partial charge in [0.25, 0.3) is 17.2 Å². The van der Waals surface area contributed by atoms with Gasteiger partial charge >= 0.3 is 0 Å². The Kier molecular flexibility index (Phi) is 6.31. The monoisotopic (exact) mass is 471 g/mol. The van der Waals surface area contributed by atoms with E-state index in [1.165, 1.54) is 36.5 Å². The molecule has 0 aliphatic rings. The van der Waals surface area contributed by atoms with Gasteiger partial charge in [0, 0.05) is 28.5 Å². The molecule has 8 nitrogen and oxygen atoms in total. The van der Waals surface area contributed by atoms with Crippen molar-refractivity contribution in [3.63, 3.8) is 0 Å². The molecule has 154 valence electrons. The van der Waals surface area contributed by atoms with E-state index in [2.05, 4.69) is 21.2 Å². The van der Waals surface area contributed by atoms with Crippen molar-refractivity contribution in [1.82, 2.24) is 4.73 Å². The SMILES string of the molecule is Cc1cc(Br)cc(C)c1NC(=O)c1cccn(OCc2cccc([N+](=O)[O-])c2)c1=O. The first-order valence-corrected chi connectivity index (χ1v) is 9.72. The maximum atomic E-state index is 12.7.